The Morgan fingerprint density at radius 1 is 1.40 bits per heavy atom. The number of nitrogens with zero attached hydrogens (tertiary/aromatic N) is 1. The smallest absolute Gasteiger partial charge is 0.255 e. The van der Waals surface area contributed by atoms with E-state index < -0.39 is 0 Å². The lowest BCUT2D eigenvalue weighted by Gasteiger charge is -2.22. The van der Waals surface area contributed by atoms with E-state index in [9.17, 15) is 4.79 Å². The molecule has 2 rings (SSSR count). The van der Waals surface area contributed by atoms with Gasteiger partial charge in [0.25, 0.3) is 5.91 Å². The van der Waals surface area contributed by atoms with Crippen molar-refractivity contribution in [1.82, 2.24) is 4.90 Å². The van der Waals surface area contributed by atoms with E-state index >= 15 is 0 Å². The zero-order valence-corrected chi connectivity index (χ0v) is 12.9. The summed E-state index contributed by atoms with van der Waals surface area (Å²) >= 11 is 0. The van der Waals surface area contributed by atoms with Gasteiger partial charge in [-0.3, -0.25) is 4.79 Å². The molecule has 1 fully saturated rings. The van der Waals surface area contributed by atoms with E-state index in [-0.39, 0.29) is 5.91 Å². The molecule has 4 nitrogen and oxygen atoms in total. The number of anilines is 2. The summed E-state index contributed by atoms with van der Waals surface area (Å²) in [6.45, 7) is 5.43. The summed E-state index contributed by atoms with van der Waals surface area (Å²) in [5.74, 6) is 0.658. The van der Waals surface area contributed by atoms with Crippen molar-refractivity contribution in [2.45, 2.75) is 26.7 Å². The molecule has 1 aromatic carbocycles. The highest BCUT2D eigenvalue weighted by atomic mass is 16.2. The number of hydrogen-bond donors (Lipinski definition) is 2. The number of carbonyl (C=O) groups is 1. The standard InChI is InChI=1S/C16H25N3O/c1-11(2)16(7-8-16)10-18-14-9-12(17)5-6-13(14)15(20)19(3)4/h5-6,9,11,18H,7-8,10,17H2,1-4H3. The molecule has 110 valence electrons. The van der Waals surface area contributed by atoms with Crippen LogP contribution in [0.25, 0.3) is 0 Å². The second kappa shape index (κ2) is 5.35. The molecular weight excluding hydrogens is 250 g/mol. The third kappa shape index (κ3) is 2.89. The lowest BCUT2D eigenvalue weighted by molar-refractivity contribution is 0.0828. The molecule has 4 heteroatoms. The van der Waals surface area contributed by atoms with Gasteiger partial charge < -0.3 is 16.0 Å². The SMILES string of the molecule is CC(C)C1(CNc2cc(N)ccc2C(=O)N(C)C)CC1. The lowest BCUT2D eigenvalue weighted by atomic mass is 9.92. The van der Waals surface area contributed by atoms with Crippen molar-refractivity contribution in [3.8, 4) is 0 Å². The minimum atomic E-state index is 0.00175. The van der Waals surface area contributed by atoms with Gasteiger partial charge in [-0.1, -0.05) is 13.8 Å². The monoisotopic (exact) mass is 275 g/mol. The van der Waals surface area contributed by atoms with Gasteiger partial charge in [-0.05, 0) is 42.4 Å². The van der Waals surface area contributed by atoms with Crippen LogP contribution in [0.2, 0.25) is 0 Å². The largest absolute Gasteiger partial charge is 0.399 e. The Hall–Kier alpha value is -1.71. The van der Waals surface area contributed by atoms with Crippen LogP contribution in [-0.4, -0.2) is 31.4 Å². The van der Waals surface area contributed by atoms with Gasteiger partial charge in [0.05, 0.1) is 5.56 Å². The van der Waals surface area contributed by atoms with Crippen LogP contribution in [0, 0.1) is 11.3 Å². The summed E-state index contributed by atoms with van der Waals surface area (Å²) in [5.41, 5.74) is 8.45. The first-order valence-electron chi connectivity index (χ1n) is 7.21. The van der Waals surface area contributed by atoms with Gasteiger partial charge in [0.1, 0.15) is 0 Å². The van der Waals surface area contributed by atoms with Crippen molar-refractivity contribution in [2.75, 3.05) is 31.7 Å². The molecule has 0 bridgehead atoms. The summed E-state index contributed by atoms with van der Waals surface area (Å²) < 4.78 is 0. The molecule has 0 spiro atoms. The topological polar surface area (TPSA) is 58.4 Å². The highest BCUT2D eigenvalue weighted by molar-refractivity contribution is 6.00. The van der Waals surface area contributed by atoms with Gasteiger partial charge in [-0.25, -0.2) is 0 Å². The molecule has 20 heavy (non-hydrogen) atoms. The summed E-state index contributed by atoms with van der Waals surface area (Å²) in [6, 6.07) is 5.43. The highest BCUT2D eigenvalue weighted by Crippen LogP contribution is 2.51. The molecule has 1 aliphatic rings. The van der Waals surface area contributed by atoms with E-state index in [1.54, 1.807) is 31.1 Å². The van der Waals surface area contributed by atoms with E-state index in [0.717, 1.165) is 12.2 Å². The molecule has 0 aromatic heterocycles. The Bertz CT molecular complexity index is 504. The molecule has 0 saturated heterocycles. The quantitative estimate of drug-likeness (QED) is 0.812. The van der Waals surface area contributed by atoms with E-state index in [2.05, 4.69) is 19.2 Å². The van der Waals surface area contributed by atoms with Crippen LogP contribution in [0.1, 0.15) is 37.0 Å². The van der Waals surface area contributed by atoms with Gasteiger partial charge in [0.15, 0.2) is 0 Å². The molecule has 3 N–H and O–H groups in total. The van der Waals surface area contributed by atoms with Crippen LogP contribution < -0.4 is 11.1 Å². The van der Waals surface area contributed by atoms with Gasteiger partial charge in [0, 0.05) is 32.0 Å². The summed E-state index contributed by atoms with van der Waals surface area (Å²) in [4.78, 5) is 13.8. The Morgan fingerprint density at radius 2 is 2.05 bits per heavy atom. The predicted octanol–water partition coefficient (Wildman–Crippen LogP) is 2.82. The molecule has 0 atom stereocenters. The summed E-state index contributed by atoms with van der Waals surface area (Å²) in [5, 5.41) is 3.45. The number of rotatable bonds is 5. The predicted molar refractivity (Wildman–Crippen MR) is 83.9 cm³/mol. The maximum absolute atomic E-state index is 12.2. The van der Waals surface area contributed by atoms with Crippen molar-refractivity contribution >= 4 is 17.3 Å². The van der Waals surface area contributed by atoms with E-state index in [4.69, 9.17) is 5.73 Å². The minimum absolute atomic E-state index is 0.00175. The van der Waals surface area contributed by atoms with Crippen LogP contribution in [0.4, 0.5) is 11.4 Å². The van der Waals surface area contributed by atoms with Crippen LogP contribution >= 0.6 is 0 Å². The third-order valence-electron chi connectivity index (χ3n) is 4.43. The first-order chi connectivity index (χ1) is 9.35. The molecule has 1 saturated carbocycles. The molecular formula is C16H25N3O. The average Bonchev–Trinajstić information content (AvgIpc) is 3.16. The van der Waals surface area contributed by atoms with Crippen molar-refractivity contribution in [3.05, 3.63) is 23.8 Å². The Kier molecular flexibility index (Phi) is 3.93. The van der Waals surface area contributed by atoms with Gasteiger partial charge in [0.2, 0.25) is 0 Å². The molecule has 0 unspecified atom stereocenters. The van der Waals surface area contributed by atoms with Crippen LogP contribution in [0.5, 0.6) is 0 Å². The Morgan fingerprint density at radius 3 is 2.55 bits per heavy atom. The molecule has 1 aromatic rings. The second-order valence-corrected chi connectivity index (χ2v) is 6.38. The molecule has 0 heterocycles. The number of hydrogen-bond acceptors (Lipinski definition) is 3. The number of carbonyl (C=O) groups excluding carboxylic acids is 1. The molecule has 1 amide bonds. The maximum Gasteiger partial charge on any atom is 0.255 e. The van der Waals surface area contributed by atoms with Crippen LogP contribution in [0.15, 0.2) is 18.2 Å². The number of nitrogens with one attached hydrogen (secondary N) is 1. The number of amides is 1. The zero-order chi connectivity index (χ0) is 14.9. The van der Waals surface area contributed by atoms with Crippen LogP contribution in [0.3, 0.4) is 0 Å². The maximum atomic E-state index is 12.2. The van der Waals surface area contributed by atoms with Gasteiger partial charge in [-0.2, -0.15) is 0 Å². The van der Waals surface area contributed by atoms with Gasteiger partial charge >= 0.3 is 0 Å². The molecule has 0 radical (unpaired) electrons. The fourth-order valence-electron chi connectivity index (χ4n) is 2.53. The molecule has 0 aliphatic heterocycles. The van der Waals surface area contributed by atoms with E-state index in [0.29, 0.717) is 22.6 Å². The minimum Gasteiger partial charge on any atom is -0.399 e. The van der Waals surface area contributed by atoms with Crippen molar-refractivity contribution < 1.29 is 4.79 Å². The number of benzene rings is 1. The summed E-state index contributed by atoms with van der Waals surface area (Å²) in [7, 11) is 3.53. The normalized spacial score (nSPS) is 16.1. The van der Waals surface area contributed by atoms with E-state index in [1.807, 2.05) is 6.07 Å². The van der Waals surface area contributed by atoms with Crippen LogP contribution in [-0.2, 0) is 0 Å². The zero-order valence-electron chi connectivity index (χ0n) is 12.9. The first-order valence-corrected chi connectivity index (χ1v) is 7.21. The fourth-order valence-corrected chi connectivity index (χ4v) is 2.53. The first kappa shape index (κ1) is 14.7. The van der Waals surface area contributed by atoms with Crippen molar-refractivity contribution in [1.29, 1.82) is 0 Å². The van der Waals surface area contributed by atoms with Crippen molar-refractivity contribution in [2.24, 2.45) is 11.3 Å². The number of nitrogens with two attached hydrogens (primary N) is 1. The average molecular weight is 275 g/mol. The Balaban J connectivity index is 2.18. The fraction of sp³-hybridized carbons (Fsp3) is 0.562. The summed E-state index contributed by atoms with van der Waals surface area (Å²) in [6.07, 6.45) is 2.52. The van der Waals surface area contributed by atoms with E-state index in [1.165, 1.54) is 12.8 Å². The second-order valence-electron chi connectivity index (χ2n) is 6.38. The highest BCUT2D eigenvalue weighted by Gasteiger charge is 2.45. The molecule has 1 aliphatic carbocycles. The third-order valence-corrected chi connectivity index (χ3v) is 4.43. The van der Waals surface area contributed by atoms with Crippen molar-refractivity contribution in [3.63, 3.8) is 0 Å². The number of nitrogen functional groups attached to an aromatic ring is 1. The Labute approximate surface area is 121 Å². The van der Waals surface area contributed by atoms with Gasteiger partial charge in [-0.15, -0.1) is 0 Å². The lowest BCUT2D eigenvalue weighted by Crippen LogP contribution is -2.25.